The van der Waals surface area contributed by atoms with Crippen molar-refractivity contribution in [2.75, 3.05) is 0 Å². The van der Waals surface area contributed by atoms with Crippen LogP contribution in [0.25, 0.3) is 5.69 Å². The first-order chi connectivity index (χ1) is 7.20. The average Bonchev–Trinajstić information content (AvgIpc) is 2.66. The minimum atomic E-state index is 0.520. The van der Waals surface area contributed by atoms with Crippen LogP contribution < -0.4 is 0 Å². The Balaban J connectivity index is 2.50. The standard InChI is InChI=1S/C11H8ClN3/c1-8-2-3-11(10(12)4-8)15-7-9(5-13)6-14-15/h2-4,6-7H,1H3. The first-order valence-electron chi connectivity index (χ1n) is 4.42. The van der Waals surface area contributed by atoms with E-state index < -0.39 is 0 Å². The first-order valence-corrected chi connectivity index (χ1v) is 4.80. The molecule has 0 saturated heterocycles. The Morgan fingerprint density at radius 2 is 2.27 bits per heavy atom. The van der Waals surface area contributed by atoms with Crippen molar-refractivity contribution in [3.05, 3.63) is 46.7 Å². The maximum absolute atomic E-state index is 8.67. The Labute approximate surface area is 92.5 Å². The van der Waals surface area contributed by atoms with E-state index in [9.17, 15) is 0 Å². The van der Waals surface area contributed by atoms with Gasteiger partial charge in [-0.2, -0.15) is 10.4 Å². The topological polar surface area (TPSA) is 41.6 Å². The van der Waals surface area contributed by atoms with Gasteiger partial charge in [-0.15, -0.1) is 0 Å². The fourth-order valence-corrected chi connectivity index (χ4v) is 1.63. The summed E-state index contributed by atoms with van der Waals surface area (Å²) in [5.74, 6) is 0. The maximum atomic E-state index is 8.67. The summed E-state index contributed by atoms with van der Waals surface area (Å²) in [6.07, 6.45) is 3.16. The summed E-state index contributed by atoms with van der Waals surface area (Å²) >= 11 is 6.07. The zero-order chi connectivity index (χ0) is 10.8. The van der Waals surface area contributed by atoms with Gasteiger partial charge in [-0.3, -0.25) is 0 Å². The van der Waals surface area contributed by atoms with Gasteiger partial charge in [-0.05, 0) is 24.6 Å². The van der Waals surface area contributed by atoms with Crippen molar-refractivity contribution in [3.8, 4) is 11.8 Å². The van der Waals surface area contributed by atoms with E-state index >= 15 is 0 Å². The molecule has 0 aliphatic carbocycles. The second kappa shape index (κ2) is 3.76. The molecule has 2 rings (SSSR count). The molecule has 0 spiro atoms. The number of aromatic nitrogens is 2. The Kier molecular flexibility index (Phi) is 2.44. The van der Waals surface area contributed by atoms with E-state index in [4.69, 9.17) is 16.9 Å². The zero-order valence-electron chi connectivity index (χ0n) is 8.11. The fourth-order valence-electron chi connectivity index (χ4n) is 1.31. The van der Waals surface area contributed by atoms with Gasteiger partial charge in [0, 0.05) is 6.20 Å². The summed E-state index contributed by atoms with van der Waals surface area (Å²) in [5, 5.41) is 13.4. The van der Waals surface area contributed by atoms with Crippen LogP contribution in [0.1, 0.15) is 11.1 Å². The summed E-state index contributed by atoms with van der Waals surface area (Å²) in [4.78, 5) is 0. The predicted molar refractivity (Wildman–Crippen MR) is 58.0 cm³/mol. The number of aryl methyl sites for hydroxylation is 1. The number of rotatable bonds is 1. The molecular weight excluding hydrogens is 210 g/mol. The first kappa shape index (κ1) is 9.75. The number of benzene rings is 1. The van der Waals surface area contributed by atoms with Crippen LogP contribution in [0.5, 0.6) is 0 Å². The number of hydrogen-bond acceptors (Lipinski definition) is 2. The molecule has 0 aliphatic rings. The zero-order valence-corrected chi connectivity index (χ0v) is 8.86. The third-order valence-corrected chi connectivity index (χ3v) is 2.36. The predicted octanol–water partition coefficient (Wildman–Crippen LogP) is 2.71. The van der Waals surface area contributed by atoms with Crippen molar-refractivity contribution in [3.63, 3.8) is 0 Å². The molecule has 0 radical (unpaired) electrons. The molecule has 0 unspecified atom stereocenters. The minimum Gasteiger partial charge on any atom is -0.238 e. The van der Waals surface area contributed by atoms with E-state index in [1.54, 1.807) is 10.9 Å². The molecule has 0 amide bonds. The van der Waals surface area contributed by atoms with E-state index in [1.165, 1.54) is 6.20 Å². The second-order valence-electron chi connectivity index (χ2n) is 3.24. The fraction of sp³-hybridized carbons (Fsp3) is 0.0909. The molecule has 74 valence electrons. The average molecular weight is 218 g/mol. The molecule has 4 heteroatoms. The van der Waals surface area contributed by atoms with Crippen molar-refractivity contribution in [2.24, 2.45) is 0 Å². The van der Waals surface area contributed by atoms with E-state index in [2.05, 4.69) is 5.10 Å². The third-order valence-electron chi connectivity index (χ3n) is 2.06. The van der Waals surface area contributed by atoms with Crippen molar-refractivity contribution >= 4 is 11.6 Å². The lowest BCUT2D eigenvalue weighted by atomic mass is 10.2. The molecule has 0 aliphatic heterocycles. The van der Waals surface area contributed by atoms with E-state index in [-0.39, 0.29) is 0 Å². The van der Waals surface area contributed by atoms with Gasteiger partial charge in [0.05, 0.1) is 22.5 Å². The van der Waals surface area contributed by atoms with Crippen LogP contribution in [0.15, 0.2) is 30.6 Å². The Bertz CT molecular complexity index is 537. The Morgan fingerprint density at radius 3 is 2.87 bits per heavy atom. The summed E-state index contributed by atoms with van der Waals surface area (Å²) in [6, 6.07) is 7.72. The Morgan fingerprint density at radius 1 is 1.47 bits per heavy atom. The minimum absolute atomic E-state index is 0.520. The normalized spacial score (nSPS) is 9.93. The molecule has 1 aromatic carbocycles. The van der Waals surface area contributed by atoms with Crippen molar-refractivity contribution in [1.82, 2.24) is 9.78 Å². The van der Waals surface area contributed by atoms with E-state index in [0.717, 1.165) is 11.3 Å². The largest absolute Gasteiger partial charge is 0.238 e. The lowest BCUT2D eigenvalue weighted by Crippen LogP contribution is -1.95. The number of nitrogens with zero attached hydrogens (tertiary/aromatic N) is 3. The molecule has 0 saturated carbocycles. The van der Waals surface area contributed by atoms with Gasteiger partial charge in [0.15, 0.2) is 0 Å². The van der Waals surface area contributed by atoms with Gasteiger partial charge in [0.1, 0.15) is 6.07 Å². The highest BCUT2D eigenvalue weighted by atomic mass is 35.5. The highest BCUT2D eigenvalue weighted by Gasteiger charge is 2.04. The summed E-state index contributed by atoms with van der Waals surface area (Å²) in [5.41, 5.74) is 2.40. The lowest BCUT2D eigenvalue weighted by molar-refractivity contribution is 0.880. The van der Waals surface area contributed by atoms with Crippen LogP contribution in [0.4, 0.5) is 0 Å². The van der Waals surface area contributed by atoms with Gasteiger partial charge in [0.2, 0.25) is 0 Å². The van der Waals surface area contributed by atoms with Crippen molar-refractivity contribution in [1.29, 1.82) is 5.26 Å². The van der Waals surface area contributed by atoms with Crippen LogP contribution in [0.3, 0.4) is 0 Å². The van der Waals surface area contributed by atoms with E-state index in [0.29, 0.717) is 10.6 Å². The number of nitriles is 1. The number of hydrogen-bond donors (Lipinski definition) is 0. The Hall–Kier alpha value is -1.79. The molecule has 2 aromatic rings. The van der Waals surface area contributed by atoms with Crippen molar-refractivity contribution in [2.45, 2.75) is 6.92 Å². The number of halogens is 1. The summed E-state index contributed by atoms with van der Waals surface area (Å²) in [6.45, 7) is 1.97. The maximum Gasteiger partial charge on any atom is 0.102 e. The van der Waals surface area contributed by atoms with Gasteiger partial charge in [-0.25, -0.2) is 4.68 Å². The highest BCUT2D eigenvalue weighted by Crippen LogP contribution is 2.21. The molecule has 1 heterocycles. The van der Waals surface area contributed by atoms with Gasteiger partial charge < -0.3 is 0 Å². The van der Waals surface area contributed by atoms with Crippen molar-refractivity contribution < 1.29 is 0 Å². The molecule has 0 atom stereocenters. The van der Waals surface area contributed by atoms with Crippen LogP contribution in [-0.4, -0.2) is 9.78 Å². The molecule has 0 fully saturated rings. The molecule has 3 nitrogen and oxygen atoms in total. The van der Waals surface area contributed by atoms with Crippen LogP contribution in [0.2, 0.25) is 5.02 Å². The monoisotopic (exact) mass is 217 g/mol. The second-order valence-corrected chi connectivity index (χ2v) is 3.65. The molecule has 0 bridgehead atoms. The van der Waals surface area contributed by atoms with Crippen LogP contribution >= 0.6 is 11.6 Å². The summed E-state index contributed by atoms with van der Waals surface area (Å²) < 4.78 is 1.60. The van der Waals surface area contributed by atoms with Gasteiger partial charge >= 0.3 is 0 Å². The summed E-state index contributed by atoms with van der Waals surface area (Å²) in [7, 11) is 0. The lowest BCUT2D eigenvalue weighted by Gasteiger charge is -2.04. The van der Waals surface area contributed by atoms with Gasteiger partial charge in [-0.1, -0.05) is 17.7 Å². The van der Waals surface area contributed by atoms with Crippen LogP contribution in [0, 0.1) is 18.3 Å². The highest BCUT2D eigenvalue weighted by molar-refractivity contribution is 6.32. The quantitative estimate of drug-likeness (QED) is 0.737. The third kappa shape index (κ3) is 1.85. The van der Waals surface area contributed by atoms with E-state index in [1.807, 2.05) is 31.2 Å². The van der Waals surface area contributed by atoms with Gasteiger partial charge in [0.25, 0.3) is 0 Å². The smallest absolute Gasteiger partial charge is 0.102 e. The molecule has 15 heavy (non-hydrogen) atoms. The SMILES string of the molecule is Cc1ccc(-n2cc(C#N)cn2)c(Cl)c1. The van der Waals surface area contributed by atoms with Crippen LogP contribution in [-0.2, 0) is 0 Å². The molecule has 0 N–H and O–H groups in total. The molecular formula is C11H8ClN3. The molecule has 1 aromatic heterocycles.